The van der Waals surface area contributed by atoms with Crippen molar-refractivity contribution in [3.8, 4) is 0 Å². The number of nitrogens with two attached hydrogens (primary N) is 1. The molecule has 0 aliphatic carbocycles. The Hall–Kier alpha value is -0.750. The summed E-state index contributed by atoms with van der Waals surface area (Å²) < 4.78 is 5.29. The molecule has 5 atom stereocenters. The van der Waals surface area contributed by atoms with Crippen LogP contribution in [0.5, 0.6) is 0 Å². The molecular formula is C9H12IN3O5. The van der Waals surface area contributed by atoms with Crippen LogP contribution in [0.25, 0.3) is 0 Å². The Morgan fingerprint density at radius 1 is 1.50 bits per heavy atom. The molecule has 1 aromatic rings. The van der Waals surface area contributed by atoms with Crippen molar-refractivity contribution in [2.75, 3.05) is 5.73 Å². The number of hydrogen-bond donors (Lipinski definition) is 4. The van der Waals surface area contributed by atoms with Gasteiger partial charge < -0.3 is 25.8 Å². The molecule has 1 aliphatic heterocycles. The maximum absolute atomic E-state index is 11.6. The van der Waals surface area contributed by atoms with Crippen LogP contribution in [0, 0.1) is 0 Å². The van der Waals surface area contributed by atoms with Gasteiger partial charge in [0.15, 0.2) is 6.23 Å². The average Bonchev–Trinajstić information content (AvgIpc) is 2.57. The molecule has 0 radical (unpaired) electrons. The number of rotatable bonds is 2. The Bertz CT molecular complexity index is 493. The zero-order valence-corrected chi connectivity index (χ0v) is 11.2. The van der Waals surface area contributed by atoms with Crippen molar-refractivity contribution in [2.24, 2.45) is 0 Å². The van der Waals surface area contributed by atoms with E-state index in [1.54, 1.807) is 22.6 Å². The number of hydrogen-bond acceptors (Lipinski definition) is 7. The molecule has 1 aromatic heterocycles. The number of aromatic nitrogens is 2. The molecule has 0 aromatic carbocycles. The summed E-state index contributed by atoms with van der Waals surface area (Å²) in [6.07, 6.45) is -3.38. The van der Waals surface area contributed by atoms with E-state index in [0.717, 1.165) is 4.57 Å². The highest BCUT2D eigenvalue weighted by Crippen LogP contribution is 2.31. The molecule has 9 heteroatoms. The van der Waals surface area contributed by atoms with Crippen molar-refractivity contribution in [2.45, 2.75) is 28.7 Å². The molecule has 1 saturated heterocycles. The van der Waals surface area contributed by atoms with Crippen molar-refractivity contribution in [1.29, 1.82) is 0 Å². The van der Waals surface area contributed by atoms with Gasteiger partial charge in [0.25, 0.3) is 0 Å². The molecule has 8 nitrogen and oxygen atoms in total. The van der Waals surface area contributed by atoms with Crippen LogP contribution in [0.1, 0.15) is 6.23 Å². The number of alkyl halides is 1. The van der Waals surface area contributed by atoms with Crippen molar-refractivity contribution in [3.05, 3.63) is 22.7 Å². The van der Waals surface area contributed by atoms with Crippen LogP contribution in [0.4, 0.5) is 5.82 Å². The van der Waals surface area contributed by atoms with E-state index in [9.17, 15) is 20.1 Å². The molecule has 100 valence electrons. The Kier molecular flexibility index (Phi) is 3.87. The molecule has 0 bridgehead atoms. The van der Waals surface area contributed by atoms with E-state index in [0.29, 0.717) is 0 Å². The Labute approximate surface area is 115 Å². The normalized spacial score (nSPS) is 33.6. The zero-order chi connectivity index (χ0) is 13.4. The van der Waals surface area contributed by atoms with Gasteiger partial charge in [-0.15, -0.1) is 0 Å². The van der Waals surface area contributed by atoms with Crippen LogP contribution in [0.2, 0.25) is 0 Å². The molecule has 1 fully saturated rings. The second-order valence-corrected chi connectivity index (χ2v) is 5.16. The average molecular weight is 369 g/mol. The third-order valence-corrected chi connectivity index (χ3v) is 3.38. The predicted molar refractivity (Wildman–Crippen MR) is 68.9 cm³/mol. The van der Waals surface area contributed by atoms with Crippen LogP contribution in [-0.4, -0.2) is 47.3 Å². The third-order valence-electron chi connectivity index (χ3n) is 2.67. The van der Waals surface area contributed by atoms with Gasteiger partial charge in [-0.1, -0.05) is 0 Å². The Morgan fingerprint density at radius 3 is 2.67 bits per heavy atom. The molecular weight excluding hydrogens is 357 g/mol. The Morgan fingerprint density at radius 2 is 2.17 bits per heavy atom. The number of halogens is 1. The summed E-state index contributed by atoms with van der Waals surface area (Å²) in [7, 11) is 0. The van der Waals surface area contributed by atoms with E-state index in [-0.39, 0.29) is 5.82 Å². The quantitative estimate of drug-likeness (QED) is 0.357. The van der Waals surface area contributed by atoms with Crippen LogP contribution < -0.4 is 11.4 Å². The fourth-order valence-electron chi connectivity index (χ4n) is 1.76. The van der Waals surface area contributed by atoms with Gasteiger partial charge in [0.2, 0.25) is 0 Å². The summed E-state index contributed by atoms with van der Waals surface area (Å²) in [6.45, 7) is 0. The first-order chi connectivity index (χ1) is 8.41. The smallest absolute Gasteiger partial charge is 0.351 e. The third kappa shape index (κ3) is 2.36. The minimum Gasteiger partial charge on any atom is -0.387 e. The second kappa shape index (κ2) is 5.09. The molecule has 0 spiro atoms. The highest BCUT2D eigenvalue weighted by atomic mass is 127. The molecule has 0 saturated carbocycles. The van der Waals surface area contributed by atoms with Gasteiger partial charge in [-0.25, -0.2) is 4.79 Å². The second-order valence-electron chi connectivity index (χ2n) is 3.89. The summed E-state index contributed by atoms with van der Waals surface area (Å²) in [5, 5.41) is 28.9. The molecule has 5 N–H and O–H groups in total. The van der Waals surface area contributed by atoms with Crippen LogP contribution in [-0.2, 0) is 4.74 Å². The molecule has 18 heavy (non-hydrogen) atoms. The fraction of sp³-hybridized carbons (Fsp3) is 0.556. The number of aliphatic hydroxyl groups excluding tert-OH is 3. The highest BCUT2D eigenvalue weighted by molar-refractivity contribution is 14.1. The van der Waals surface area contributed by atoms with Gasteiger partial charge in [0.05, 0.1) is 0 Å². The maximum Gasteiger partial charge on any atom is 0.351 e. The first kappa shape index (κ1) is 13.7. The monoisotopic (exact) mass is 369 g/mol. The number of aliphatic hydroxyl groups is 3. The van der Waals surface area contributed by atoms with Crippen molar-refractivity contribution in [1.82, 2.24) is 9.55 Å². The lowest BCUT2D eigenvalue weighted by molar-refractivity contribution is -0.0592. The van der Waals surface area contributed by atoms with Crippen LogP contribution in [0.15, 0.2) is 17.1 Å². The molecule has 1 aliphatic rings. The number of ether oxygens (including phenoxy) is 1. The van der Waals surface area contributed by atoms with Crippen molar-refractivity contribution >= 4 is 28.4 Å². The van der Waals surface area contributed by atoms with Crippen LogP contribution in [0.3, 0.4) is 0 Å². The summed E-state index contributed by atoms with van der Waals surface area (Å²) >= 11 is 1.65. The lowest BCUT2D eigenvalue weighted by atomic mass is 10.1. The van der Waals surface area contributed by atoms with Crippen LogP contribution >= 0.6 is 22.6 Å². The molecule has 2 heterocycles. The minimum atomic E-state index is -1.33. The molecule has 1 unspecified atom stereocenters. The lowest BCUT2D eigenvalue weighted by Crippen LogP contribution is -2.37. The van der Waals surface area contributed by atoms with E-state index >= 15 is 0 Å². The van der Waals surface area contributed by atoms with E-state index in [4.69, 9.17) is 10.5 Å². The van der Waals surface area contributed by atoms with E-state index < -0.39 is 34.3 Å². The summed E-state index contributed by atoms with van der Waals surface area (Å²) in [5.74, 6) is 0.0507. The van der Waals surface area contributed by atoms with Gasteiger partial charge in [-0.3, -0.25) is 4.57 Å². The largest absolute Gasteiger partial charge is 0.387 e. The predicted octanol–water partition coefficient (Wildman–Crippen LogP) is -1.80. The Balaban J connectivity index is 2.32. The first-order valence-corrected chi connectivity index (χ1v) is 6.35. The van der Waals surface area contributed by atoms with Crippen molar-refractivity contribution in [3.63, 3.8) is 0 Å². The summed E-state index contributed by atoms with van der Waals surface area (Å²) in [6, 6.07) is 1.37. The zero-order valence-electron chi connectivity index (χ0n) is 9.05. The van der Waals surface area contributed by atoms with Gasteiger partial charge in [0.1, 0.15) is 28.2 Å². The minimum absolute atomic E-state index is 0.0507. The van der Waals surface area contributed by atoms with Gasteiger partial charge in [-0.2, -0.15) is 4.98 Å². The standard InChI is InChI=1S/C9H12IN3O5/c10-7(16)6-4(14)5(15)8(18-6)13-2-1-3(11)12-9(13)17/h1-2,4-8,14-16H,(H2,11,12,17)/t4-,5+,6-,7?,8+/m0/s1. The molecule has 0 amide bonds. The van der Waals surface area contributed by atoms with E-state index in [2.05, 4.69) is 4.98 Å². The van der Waals surface area contributed by atoms with E-state index in [1.807, 2.05) is 0 Å². The number of nitrogens with zero attached hydrogens (tertiary/aromatic N) is 2. The fourth-order valence-corrected chi connectivity index (χ4v) is 2.36. The van der Waals surface area contributed by atoms with Gasteiger partial charge in [-0.05, 0) is 28.7 Å². The lowest BCUT2D eigenvalue weighted by Gasteiger charge is -2.17. The van der Waals surface area contributed by atoms with Crippen molar-refractivity contribution < 1.29 is 20.1 Å². The van der Waals surface area contributed by atoms with Gasteiger partial charge >= 0.3 is 5.69 Å². The van der Waals surface area contributed by atoms with E-state index in [1.165, 1.54) is 12.3 Å². The SMILES string of the molecule is Nc1ccn([C@@H]2O[C@H](C(O)I)[C@@H](O)[C@H]2O)c(=O)n1. The topological polar surface area (TPSA) is 131 Å². The highest BCUT2D eigenvalue weighted by Gasteiger charge is 2.46. The maximum atomic E-state index is 11.6. The summed E-state index contributed by atoms with van der Waals surface area (Å²) in [4.78, 5) is 15.1. The number of nitrogen functional groups attached to an aromatic ring is 1. The van der Waals surface area contributed by atoms with Gasteiger partial charge in [0, 0.05) is 6.20 Å². The molecule has 2 rings (SSSR count). The number of anilines is 1. The summed E-state index contributed by atoms with van der Waals surface area (Å²) in [5.41, 5.74) is 4.65. The first-order valence-electron chi connectivity index (χ1n) is 5.10.